The zero-order valence-corrected chi connectivity index (χ0v) is 9.16. The maximum atomic E-state index is 7.69. The Morgan fingerprint density at radius 1 is 1.27 bits per heavy atom. The van der Waals surface area contributed by atoms with Crippen LogP contribution in [0.1, 0.15) is 12.5 Å². The number of methoxy groups -OCH3 is 2. The summed E-state index contributed by atoms with van der Waals surface area (Å²) in [5.74, 6) is 1.21. The van der Waals surface area contributed by atoms with E-state index in [4.69, 9.17) is 19.6 Å². The van der Waals surface area contributed by atoms with E-state index in [1.807, 2.05) is 6.92 Å². The molecule has 0 saturated heterocycles. The molecule has 15 heavy (non-hydrogen) atoms. The van der Waals surface area contributed by atoms with Crippen LogP contribution < -0.4 is 9.47 Å². The molecule has 0 amide bonds. The number of benzene rings is 1. The van der Waals surface area contributed by atoms with Gasteiger partial charge in [-0.3, -0.25) is 5.41 Å². The van der Waals surface area contributed by atoms with Crippen molar-refractivity contribution in [3.05, 3.63) is 23.8 Å². The fraction of sp³-hybridized carbons (Fsp3) is 0.364. The molecule has 1 aromatic rings. The van der Waals surface area contributed by atoms with Gasteiger partial charge in [-0.2, -0.15) is 0 Å². The number of ether oxygens (including phenoxy) is 3. The molecule has 0 fully saturated rings. The Kier molecular flexibility index (Phi) is 3.97. The molecular formula is C11H15NO3. The summed E-state index contributed by atoms with van der Waals surface area (Å²) in [6, 6.07) is 5.34. The van der Waals surface area contributed by atoms with Crippen molar-refractivity contribution in [2.45, 2.75) is 6.92 Å². The van der Waals surface area contributed by atoms with Crippen molar-refractivity contribution in [2.75, 3.05) is 20.8 Å². The molecule has 1 N–H and O–H groups in total. The van der Waals surface area contributed by atoms with Crippen molar-refractivity contribution in [3.63, 3.8) is 0 Å². The molecule has 0 unspecified atom stereocenters. The predicted octanol–water partition coefficient (Wildman–Crippen LogP) is 2.07. The van der Waals surface area contributed by atoms with E-state index in [1.54, 1.807) is 32.4 Å². The van der Waals surface area contributed by atoms with Gasteiger partial charge in [0.1, 0.15) is 0 Å². The van der Waals surface area contributed by atoms with Crippen LogP contribution in [-0.4, -0.2) is 26.7 Å². The lowest BCUT2D eigenvalue weighted by molar-refractivity contribution is 0.319. The van der Waals surface area contributed by atoms with Crippen LogP contribution in [0.15, 0.2) is 18.2 Å². The number of hydrogen-bond acceptors (Lipinski definition) is 4. The third-order valence-electron chi connectivity index (χ3n) is 1.94. The fourth-order valence-electron chi connectivity index (χ4n) is 1.29. The molecule has 0 aliphatic heterocycles. The van der Waals surface area contributed by atoms with Crippen molar-refractivity contribution in [2.24, 2.45) is 0 Å². The maximum Gasteiger partial charge on any atom is 0.217 e. The van der Waals surface area contributed by atoms with E-state index < -0.39 is 0 Å². The van der Waals surface area contributed by atoms with Gasteiger partial charge in [0.05, 0.1) is 26.4 Å². The highest BCUT2D eigenvalue weighted by molar-refractivity contribution is 5.95. The topological polar surface area (TPSA) is 51.5 Å². The average Bonchev–Trinajstić information content (AvgIpc) is 2.28. The standard InChI is InChI=1S/C11H15NO3/c1-4-15-11(12)8-6-5-7-9(13-2)10(8)14-3/h5-7,12H,4H2,1-3H3. The molecule has 82 valence electrons. The first-order valence-corrected chi connectivity index (χ1v) is 4.67. The molecule has 0 aromatic heterocycles. The van der Waals surface area contributed by atoms with E-state index in [9.17, 15) is 0 Å². The Morgan fingerprint density at radius 3 is 2.53 bits per heavy atom. The Labute approximate surface area is 89.3 Å². The van der Waals surface area contributed by atoms with Crippen LogP contribution in [0.3, 0.4) is 0 Å². The first kappa shape index (κ1) is 11.4. The number of nitrogens with one attached hydrogen (secondary N) is 1. The van der Waals surface area contributed by atoms with E-state index in [0.717, 1.165) is 0 Å². The quantitative estimate of drug-likeness (QED) is 0.610. The monoisotopic (exact) mass is 209 g/mol. The summed E-state index contributed by atoms with van der Waals surface area (Å²) in [4.78, 5) is 0. The van der Waals surface area contributed by atoms with Gasteiger partial charge in [-0.1, -0.05) is 6.07 Å². The van der Waals surface area contributed by atoms with E-state index in [0.29, 0.717) is 23.7 Å². The molecule has 0 bridgehead atoms. The minimum absolute atomic E-state index is 0.0910. The summed E-state index contributed by atoms with van der Waals surface area (Å²) in [5.41, 5.74) is 0.596. The molecule has 0 saturated carbocycles. The van der Waals surface area contributed by atoms with Crippen LogP contribution in [0.2, 0.25) is 0 Å². The second kappa shape index (κ2) is 5.24. The van der Waals surface area contributed by atoms with Crippen molar-refractivity contribution in [1.29, 1.82) is 5.41 Å². The normalized spacial score (nSPS) is 9.53. The Balaban J connectivity index is 3.11. The molecule has 4 heteroatoms. The smallest absolute Gasteiger partial charge is 0.217 e. The summed E-state index contributed by atoms with van der Waals surface area (Å²) in [6.07, 6.45) is 0. The molecule has 0 heterocycles. The highest BCUT2D eigenvalue weighted by Gasteiger charge is 2.13. The van der Waals surface area contributed by atoms with E-state index in [-0.39, 0.29) is 5.90 Å². The molecule has 4 nitrogen and oxygen atoms in total. The minimum Gasteiger partial charge on any atom is -0.493 e. The Morgan fingerprint density at radius 2 is 2.00 bits per heavy atom. The van der Waals surface area contributed by atoms with Crippen molar-refractivity contribution in [3.8, 4) is 11.5 Å². The molecule has 1 rings (SSSR count). The third kappa shape index (κ3) is 2.40. The van der Waals surface area contributed by atoms with Crippen LogP contribution >= 0.6 is 0 Å². The molecule has 0 radical (unpaired) electrons. The van der Waals surface area contributed by atoms with Gasteiger partial charge in [0.15, 0.2) is 11.5 Å². The zero-order chi connectivity index (χ0) is 11.3. The van der Waals surface area contributed by atoms with Gasteiger partial charge in [0.2, 0.25) is 5.90 Å². The van der Waals surface area contributed by atoms with Gasteiger partial charge in [-0.15, -0.1) is 0 Å². The summed E-state index contributed by atoms with van der Waals surface area (Å²) >= 11 is 0. The predicted molar refractivity (Wildman–Crippen MR) is 58.0 cm³/mol. The molecule has 0 aliphatic rings. The Bertz CT molecular complexity index is 350. The van der Waals surface area contributed by atoms with Crippen molar-refractivity contribution < 1.29 is 14.2 Å². The van der Waals surface area contributed by atoms with Gasteiger partial charge in [0.25, 0.3) is 0 Å². The van der Waals surface area contributed by atoms with Crippen LogP contribution in [0.5, 0.6) is 11.5 Å². The van der Waals surface area contributed by atoms with E-state index in [1.165, 1.54) is 0 Å². The lowest BCUT2D eigenvalue weighted by atomic mass is 10.2. The summed E-state index contributed by atoms with van der Waals surface area (Å²) < 4.78 is 15.4. The minimum atomic E-state index is 0.0910. The lowest BCUT2D eigenvalue weighted by Gasteiger charge is -2.12. The molecular weight excluding hydrogens is 194 g/mol. The summed E-state index contributed by atoms with van der Waals surface area (Å²) in [6.45, 7) is 2.29. The van der Waals surface area contributed by atoms with Crippen LogP contribution in [0.4, 0.5) is 0 Å². The number of para-hydroxylation sites is 1. The molecule has 1 aromatic carbocycles. The maximum absolute atomic E-state index is 7.69. The second-order valence-electron chi connectivity index (χ2n) is 2.80. The summed E-state index contributed by atoms with van der Waals surface area (Å²) in [7, 11) is 3.10. The summed E-state index contributed by atoms with van der Waals surface area (Å²) in [5, 5.41) is 7.69. The highest BCUT2D eigenvalue weighted by Crippen LogP contribution is 2.30. The third-order valence-corrected chi connectivity index (χ3v) is 1.94. The zero-order valence-electron chi connectivity index (χ0n) is 9.16. The van der Waals surface area contributed by atoms with Gasteiger partial charge >= 0.3 is 0 Å². The first-order valence-electron chi connectivity index (χ1n) is 4.67. The van der Waals surface area contributed by atoms with Crippen LogP contribution in [0.25, 0.3) is 0 Å². The van der Waals surface area contributed by atoms with E-state index in [2.05, 4.69) is 0 Å². The number of hydrogen-bond donors (Lipinski definition) is 1. The van der Waals surface area contributed by atoms with E-state index >= 15 is 0 Å². The molecule has 0 spiro atoms. The first-order chi connectivity index (χ1) is 7.24. The van der Waals surface area contributed by atoms with Gasteiger partial charge in [-0.25, -0.2) is 0 Å². The second-order valence-corrected chi connectivity index (χ2v) is 2.80. The van der Waals surface area contributed by atoms with Crippen LogP contribution in [-0.2, 0) is 4.74 Å². The largest absolute Gasteiger partial charge is 0.493 e. The van der Waals surface area contributed by atoms with Gasteiger partial charge in [-0.05, 0) is 19.1 Å². The SMILES string of the molecule is CCOC(=N)c1cccc(OC)c1OC. The Hall–Kier alpha value is -1.71. The highest BCUT2D eigenvalue weighted by atomic mass is 16.5. The van der Waals surface area contributed by atoms with Gasteiger partial charge < -0.3 is 14.2 Å². The van der Waals surface area contributed by atoms with Gasteiger partial charge in [0, 0.05) is 0 Å². The molecule has 0 aliphatic carbocycles. The van der Waals surface area contributed by atoms with Crippen molar-refractivity contribution >= 4 is 5.90 Å². The fourth-order valence-corrected chi connectivity index (χ4v) is 1.29. The average molecular weight is 209 g/mol. The lowest BCUT2D eigenvalue weighted by Crippen LogP contribution is -2.07. The van der Waals surface area contributed by atoms with Crippen LogP contribution in [0, 0.1) is 5.41 Å². The molecule has 0 atom stereocenters. The number of rotatable bonds is 4. The van der Waals surface area contributed by atoms with Crippen molar-refractivity contribution in [1.82, 2.24) is 0 Å².